The first-order chi connectivity index (χ1) is 11.4. The molecule has 0 atom stereocenters. The fourth-order valence-corrected chi connectivity index (χ4v) is 2.85. The molecule has 2 aromatic heterocycles. The number of hydrogen-bond donors (Lipinski definition) is 1. The first-order valence-corrected chi connectivity index (χ1v) is 7.89. The van der Waals surface area contributed by atoms with Crippen molar-refractivity contribution in [3.63, 3.8) is 0 Å². The maximum Gasteiger partial charge on any atom is 0.269 e. The van der Waals surface area contributed by atoms with Crippen molar-refractivity contribution in [3.05, 3.63) is 64.9 Å². The van der Waals surface area contributed by atoms with Gasteiger partial charge < -0.3 is 5.32 Å². The van der Waals surface area contributed by atoms with Gasteiger partial charge in [0.2, 0.25) is 0 Å². The van der Waals surface area contributed by atoms with Crippen molar-refractivity contribution in [3.8, 4) is 0 Å². The minimum atomic E-state index is 0.467. The lowest BCUT2D eigenvalue weighted by Crippen LogP contribution is -2.01. The Kier molecular flexibility index (Phi) is 3.53. The van der Waals surface area contributed by atoms with Gasteiger partial charge in [-0.3, -0.25) is 0 Å². The highest BCUT2D eigenvalue weighted by molar-refractivity contribution is 7.11. The molecule has 4 aromatic rings. The summed E-state index contributed by atoms with van der Waals surface area (Å²) in [5, 5.41) is 23.4. The third-order valence-electron chi connectivity index (χ3n) is 3.33. The van der Waals surface area contributed by atoms with Crippen LogP contribution in [0.5, 0.6) is 0 Å². The summed E-state index contributed by atoms with van der Waals surface area (Å²) >= 11 is 1.60. The van der Waals surface area contributed by atoms with Crippen molar-refractivity contribution in [2.24, 2.45) is 5.10 Å². The summed E-state index contributed by atoms with van der Waals surface area (Å²) < 4.78 is 0. The van der Waals surface area contributed by atoms with Gasteiger partial charge in [0.25, 0.3) is 5.95 Å². The van der Waals surface area contributed by atoms with Crippen LogP contribution in [0.15, 0.2) is 65.1 Å². The smallest absolute Gasteiger partial charge is 0.269 e. The standard InChI is InChI=1S/C16H12N6S/c1-2-8-14-12(5-1)6-3-9-15(14)18-16-19-20-21-22(16)17-11-13-7-4-10-23-13/h1-11H,(H,18,19,21)/b17-11-. The number of aromatic nitrogens is 4. The molecular formula is C16H12N6S. The predicted molar refractivity (Wildman–Crippen MR) is 92.4 cm³/mol. The van der Waals surface area contributed by atoms with Crippen LogP contribution < -0.4 is 5.32 Å². The van der Waals surface area contributed by atoms with E-state index in [0.717, 1.165) is 21.3 Å². The molecule has 7 heteroatoms. The van der Waals surface area contributed by atoms with E-state index in [0.29, 0.717) is 5.95 Å². The number of hydrogen-bond acceptors (Lipinski definition) is 6. The molecule has 23 heavy (non-hydrogen) atoms. The van der Waals surface area contributed by atoms with E-state index < -0.39 is 0 Å². The molecule has 0 aliphatic heterocycles. The molecule has 0 unspecified atom stereocenters. The Bertz CT molecular complexity index is 952. The number of nitrogens with zero attached hydrogens (tertiary/aromatic N) is 5. The van der Waals surface area contributed by atoms with Crippen LogP contribution in [0, 0.1) is 0 Å². The van der Waals surface area contributed by atoms with Crippen LogP contribution in [0.4, 0.5) is 11.6 Å². The van der Waals surface area contributed by atoms with Gasteiger partial charge in [-0.2, -0.15) is 5.10 Å². The second kappa shape index (κ2) is 5.98. The minimum absolute atomic E-state index is 0.467. The fraction of sp³-hybridized carbons (Fsp3) is 0. The Balaban J connectivity index is 1.66. The van der Waals surface area contributed by atoms with E-state index >= 15 is 0 Å². The van der Waals surface area contributed by atoms with Crippen molar-refractivity contribution in [1.82, 2.24) is 20.3 Å². The maximum absolute atomic E-state index is 4.29. The summed E-state index contributed by atoms with van der Waals surface area (Å²) in [5.41, 5.74) is 0.936. The van der Waals surface area contributed by atoms with Gasteiger partial charge >= 0.3 is 0 Å². The summed E-state index contributed by atoms with van der Waals surface area (Å²) in [6.07, 6.45) is 1.73. The molecule has 0 radical (unpaired) electrons. The first kappa shape index (κ1) is 13.6. The number of nitrogens with one attached hydrogen (secondary N) is 1. The van der Waals surface area contributed by atoms with Gasteiger partial charge in [0.1, 0.15) is 0 Å². The van der Waals surface area contributed by atoms with Crippen LogP contribution in [0.1, 0.15) is 4.88 Å². The van der Waals surface area contributed by atoms with Crippen molar-refractivity contribution < 1.29 is 0 Å². The summed E-state index contributed by atoms with van der Waals surface area (Å²) in [7, 11) is 0. The maximum atomic E-state index is 4.29. The molecule has 1 N–H and O–H groups in total. The number of fused-ring (bicyclic) bond motifs is 1. The molecule has 0 saturated carbocycles. The van der Waals surface area contributed by atoms with Gasteiger partial charge in [0.05, 0.1) is 6.21 Å². The molecule has 2 heterocycles. The summed E-state index contributed by atoms with van der Waals surface area (Å²) in [4.78, 5) is 2.42. The highest BCUT2D eigenvalue weighted by atomic mass is 32.1. The van der Waals surface area contributed by atoms with Crippen LogP contribution in [0.3, 0.4) is 0 Å². The number of benzene rings is 2. The topological polar surface area (TPSA) is 68.0 Å². The van der Waals surface area contributed by atoms with E-state index in [1.165, 1.54) is 4.79 Å². The van der Waals surface area contributed by atoms with Crippen molar-refractivity contribution in [1.29, 1.82) is 0 Å². The summed E-state index contributed by atoms with van der Waals surface area (Å²) in [6, 6.07) is 18.2. The van der Waals surface area contributed by atoms with Crippen LogP contribution in [-0.4, -0.2) is 26.5 Å². The van der Waals surface area contributed by atoms with E-state index in [4.69, 9.17) is 0 Å². The van der Waals surface area contributed by atoms with Gasteiger partial charge in [-0.15, -0.1) is 11.3 Å². The van der Waals surface area contributed by atoms with Crippen molar-refractivity contribution >= 4 is 40.0 Å². The Morgan fingerprint density at radius 2 is 1.96 bits per heavy atom. The Morgan fingerprint density at radius 3 is 2.87 bits per heavy atom. The number of anilines is 2. The zero-order valence-corrected chi connectivity index (χ0v) is 12.8. The third-order valence-corrected chi connectivity index (χ3v) is 4.13. The molecule has 2 aromatic carbocycles. The molecule has 0 saturated heterocycles. The zero-order valence-electron chi connectivity index (χ0n) is 12.0. The highest BCUT2D eigenvalue weighted by Crippen LogP contribution is 2.25. The number of tetrazole rings is 1. The molecule has 4 rings (SSSR count). The van der Waals surface area contributed by atoms with E-state index in [1.807, 2.05) is 41.8 Å². The first-order valence-electron chi connectivity index (χ1n) is 7.01. The quantitative estimate of drug-likeness (QED) is 0.584. The molecule has 112 valence electrons. The molecule has 0 amide bonds. The molecule has 6 nitrogen and oxygen atoms in total. The van der Waals surface area contributed by atoms with Gasteiger partial charge in [0, 0.05) is 16.0 Å². The lowest BCUT2D eigenvalue weighted by Gasteiger charge is -2.07. The van der Waals surface area contributed by atoms with Crippen LogP contribution in [-0.2, 0) is 0 Å². The average Bonchev–Trinajstić information content (AvgIpc) is 3.25. The lowest BCUT2D eigenvalue weighted by molar-refractivity contribution is 0.699. The fourth-order valence-electron chi connectivity index (χ4n) is 2.27. The second-order valence-corrected chi connectivity index (χ2v) is 5.78. The van der Waals surface area contributed by atoms with Gasteiger partial charge in [-0.1, -0.05) is 52.4 Å². The third kappa shape index (κ3) is 2.82. The highest BCUT2D eigenvalue weighted by Gasteiger charge is 2.07. The normalized spacial score (nSPS) is 11.3. The molecule has 0 aliphatic rings. The Labute approximate surface area is 136 Å². The van der Waals surface area contributed by atoms with E-state index in [2.05, 4.69) is 44.1 Å². The number of thiophene rings is 1. The summed E-state index contributed by atoms with van der Waals surface area (Å²) in [6.45, 7) is 0. The molecule has 0 spiro atoms. The second-order valence-electron chi connectivity index (χ2n) is 4.80. The predicted octanol–water partition coefficient (Wildman–Crippen LogP) is 3.51. The van der Waals surface area contributed by atoms with Crippen molar-refractivity contribution in [2.45, 2.75) is 0 Å². The Morgan fingerprint density at radius 1 is 1.04 bits per heavy atom. The van der Waals surface area contributed by atoms with Crippen LogP contribution in [0.25, 0.3) is 10.8 Å². The van der Waals surface area contributed by atoms with Crippen LogP contribution in [0.2, 0.25) is 0 Å². The molecule has 0 bridgehead atoms. The van der Waals surface area contributed by atoms with Gasteiger partial charge in [-0.25, -0.2) is 0 Å². The molecule has 0 aliphatic carbocycles. The SMILES string of the molecule is C(=N/n1nnnc1Nc1cccc2ccccc12)/c1cccs1. The van der Waals surface area contributed by atoms with Crippen LogP contribution >= 0.6 is 11.3 Å². The Hall–Kier alpha value is -3.06. The lowest BCUT2D eigenvalue weighted by atomic mass is 10.1. The van der Waals surface area contributed by atoms with E-state index in [1.54, 1.807) is 17.6 Å². The molecular weight excluding hydrogens is 308 g/mol. The molecule has 0 fully saturated rings. The van der Waals surface area contributed by atoms with E-state index in [-0.39, 0.29) is 0 Å². The van der Waals surface area contributed by atoms with Gasteiger partial charge in [-0.05, 0) is 33.3 Å². The zero-order chi connectivity index (χ0) is 15.5. The van der Waals surface area contributed by atoms with Crippen molar-refractivity contribution in [2.75, 3.05) is 5.32 Å². The summed E-state index contributed by atoms with van der Waals surface area (Å²) in [5.74, 6) is 0.467. The average molecular weight is 320 g/mol. The van der Waals surface area contributed by atoms with E-state index in [9.17, 15) is 0 Å². The monoisotopic (exact) mass is 320 g/mol. The minimum Gasteiger partial charge on any atom is -0.321 e. The van der Waals surface area contributed by atoms with Gasteiger partial charge in [0.15, 0.2) is 0 Å². The largest absolute Gasteiger partial charge is 0.321 e. The number of rotatable bonds is 4.